The van der Waals surface area contributed by atoms with E-state index in [0.717, 1.165) is 12.0 Å². The summed E-state index contributed by atoms with van der Waals surface area (Å²) < 4.78 is 16.0. The minimum absolute atomic E-state index is 0.0635. The molecule has 0 saturated carbocycles. The molecule has 7 nitrogen and oxygen atoms in total. The maximum Gasteiger partial charge on any atom is 0.305 e. The molecule has 0 aliphatic carbocycles. The van der Waals surface area contributed by atoms with E-state index in [9.17, 15) is 14.4 Å². The van der Waals surface area contributed by atoms with Crippen molar-refractivity contribution in [2.75, 3.05) is 33.9 Å². The first kappa shape index (κ1) is 27.5. The highest BCUT2D eigenvalue weighted by Gasteiger charge is 2.11. The molecule has 0 aromatic heterocycles. The van der Waals surface area contributed by atoms with Crippen LogP contribution in [0.2, 0.25) is 0 Å². The molecule has 194 valence electrons. The van der Waals surface area contributed by atoms with Crippen molar-refractivity contribution in [2.24, 2.45) is 0 Å². The molecule has 0 spiro atoms. The highest BCUT2D eigenvalue weighted by atomic mass is 16.5. The van der Waals surface area contributed by atoms with Crippen LogP contribution in [0.15, 0.2) is 78.9 Å². The van der Waals surface area contributed by atoms with Gasteiger partial charge in [0.2, 0.25) is 5.91 Å². The number of ketones is 1. The monoisotopic (exact) mass is 503 g/mol. The maximum atomic E-state index is 12.5. The van der Waals surface area contributed by atoms with Gasteiger partial charge in [0.05, 0.1) is 20.0 Å². The molecular formula is C30H33NO6. The van der Waals surface area contributed by atoms with Gasteiger partial charge >= 0.3 is 5.97 Å². The van der Waals surface area contributed by atoms with Gasteiger partial charge in [0, 0.05) is 25.6 Å². The number of hydrogen-bond donors (Lipinski definition) is 0. The lowest BCUT2D eigenvalue weighted by Gasteiger charge is -2.17. The van der Waals surface area contributed by atoms with Crippen molar-refractivity contribution in [1.82, 2.24) is 4.90 Å². The van der Waals surface area contributed by atoms with Crippen molar-refractivity contribution in [3.05, 3.63) is 95.6 Å². The molecule has 0 unspecified atom stereocenters. The van der Waals surface area contributed by atoms with Crippen LogP contribution in [0.25, 0.3) is 0 Å². The molecule has 0 bridgehead atoms. The van der Waals surface area contributed by atoms with Crippen molar-refractivity contribution in [2.45, 2.75) is 25.7 Å². The highest BCUT2D eigenvalue weighted by Crippen LogP contribution is 2.16. The van der Waals surface area contributed by atoms with Crippen LogP contribution < -0.4 is 9.47 Å². The fraction of sp³-hybridized carbons (Fsp3) is 0.300. The second-order valence-corrected chi connectivity index (χ2v) is 8.59. The van der Waals surface area contributed by atoms with Crippen LogP contribution in [0.1, 0.15) is 34.3 Å². The summed E-state index contributed by atoms with van der Waals surface area (Å²) in [6, 6.07) is 24.4. The second kappa shape index (κ2) is 14.4. The Labute approximate surface area is 218 Å². The summed E-state index contributed by atoms with van der Waals surface area (Å²) in [6.07, 6.45) is 1.35. The molecule has 0 atom stereocenters. The zero-order valence-electron chi connectivity index (χ0n) is 21.4. The van der Waals surface area contributed by atoms with Crippen LogP contribution in [0.5, 0.6) is 11.5 Å². The zero-order valence-corrected chi connectivity index (χ0v) is 21.4. The molecule has 0 heterocycles. The number of Topliss-reactive ketones (excluding diaryl/α,β-unsaturated/α-hetero) is 1. The van der Waals surface area contributed by atoms with Gasteiger partial charge in [0.15, 0.2) is 5.78 Å². The average molecular weight is 504 g/mol. The molecule has 0 N–H and O–H groups in total. The zero-order chi connectivity index (χ0) is 26.5. The Kier molecular flexibility index (Phi) is 10.7. The normalized spacial score (nSPS) is 10.4. The number of amides is 1. The van der Waals surface area contributed by atoms with Crippen molar-refractivity contribution >= 4 is 17.7 Å². The Morgan fingerprint density at radius 3 is 1.92 bits per heavy atom. The van der Waals surface area contributed by atoms with E-state index in [4.69, 9.17) is 9.47 Å². The lowest BCUT2D eigenvalue weighted by atomic mass is 10.1. The Morgan fingerprint density at radius 2 is 1.32 bits per heavy atom. The first-order chi connectivity index (χ1) is 17.9. The second-order valence-electron chi connectivity index (χ2n) is 8.59. The molecule has 3 aromatic rings. The van der Waals surface area contributed by atoms with Gasteiger partial charge in [-0.3, -0.25) is 14.4 Å². The molecule has 0 aliphatic rings. The Bertz CT molecular complexity index is 1140. The van der Waals surface area contributed by atoms with Crippen molar-refractivity contribution in [1.29, 1.82) is 0 Å². The summed E-state index contributed by atoms with van der Waals surface area (Å²) >= 11 is 0. The molecule has 0 saturated heterocycles. The van der Waals surface area contributed by atoms with Gasteiger partial charge < -0.3 is 19.1 Å². The van der Waals surface area contributed by atoms with E-state index >= 15 is 0 Å². The third-order valence-electron chi connectivity index (χ3n) is 5.86. The minimum Gasteiger partial charge on any atom is -0.490 e. The summed E-state index contributed by atoms with van der Waals surface area (Å²) in [4.78, 5) is 37.6. The summed E-state index contributed by atoms with van der Waals surface area (Å²) in [5.41, 5.74) is 2.67. The number of benzene rings is 3. The number of ether oxygens (including phenoxy) is 3. The number of carbonyl (C=O) groups is 3. The van der Waals surface area contributed by atoms with E-state index in [-0.39, 0.29) is 24.5 Å². The quantitative estimate of drug-likeness (QED) is 0.183. The average Bonchev–Trinajstić information content (AvgIpc) is 2.94. The molecule has 7 heteroatoms. The molecule has 3 rings (SSSR count). The summed E-state index contributed by atoms with van der Waals surface area (Å²) in [5, 5.41) is 0. The summed E-state index contributed by atoms with van der Waals surface area (Å²) in [6.45, 7) is 1.36. The summed E-state index contributed by atoms with van der Waals surface area (Å²) in [7, 11) is 3.13. The largest absolute Gasteiger partial charge is 0.490 e. The van der Waals surface area contributed by atoms with Crippen LogP contribution in [-0.2, 0) is 27.2 Å². The number of nitrogens with zero attached hydrogens (tertiary/aromatic N) is 1. The molecule has 1 amide bonds. The predicted octanol–water partition coefficient (Wildman–Crippen LogP) is 4.52. The Balaban J connectivity index is 1.35. The maximum absolute atomic E-state index is 12.5. The van der Waals surface area contributed by atoms with Gasteiger partial charge in [0.1, 0.15) is 24.7 Å². The van der Waals surface area contributed by atoms with Gasteiger partial charge in [0.25, 0.3) is 0 Å². The van der Waals surface area contributed by atoms with Crippen molar-refractivity contribution in [3.8, 4) is 11.5 Å². The number of rotatable bonds is 14. The van der Waals surface area contributed by atoms with E-state index in [1.54, 1.807) is 29.2 Å². The molecule has 0 aliphatic heterocycles. The lowest BCUT2D eigenvalue weighted by molar-refractivity contribution is -0.140. The number of hydrogen-bond acceptors (Lipinski definition) is 6. The van der Waals surface area contributed by atoms with Gasteiger partial charge in [-0.2, -0.15) is 0 Å². The van der Waals surface area contributed by atoms with Crippen LogP contribution >= 0.6 is 0 Å². The van der Waals surface area contributed by atoms with Crippen molar-refractivity contribution < 1.29 is 28.6 Å². The van der Waals surface area contributed by atoms with E-state index in [1.807, 2.05) is 49.5 Å². The predicted molar refractivity (Wildman–Crippen MR) is 141 cm³/mol. The topological polar surface area (TPSA) is 82.1 Å². The van der Waals surface area contributed by atoms with Crippen LogP contribution in [0.3, 0.4) is 0 Å². The van der Waals surface area contributed by atoms with E-state index in [2.05, 4.69) is 16.9 Å². The standard InChI is InChI=1S/C30H33NO6/c1-31(19-18-23-6-4-3-5-7-23)29(33)22-24-8-12-26(13-9-24)36-20-21-37-27-14-10-25(11-15-27)28(32)16-17-30(34)35-2/h3-15H,16-22H2,1-2H3. The highest BCUT2D eigenvalue weighted by molar-refractivity contribution is 5.97. The smallest absolute Gasteiger partial charge is 0.305 e. The Morgan fingerprint density at radius 1 is 0.730 bits per heavy atom. The van der Waals surface area contributed by atoms with Crippen LogP contribution in [0, 0.1) is 0 Å². The van der Waals surface area contributed by atoms with Crippen LogP contribution in [0.4, 0.5) is 0 Å². The van der Waals surface area contributed by atoms with Gasteiger partial charge in [-0.1, -0.05) is 42.5 Å². The van der Waals surface area contributed by atoms with Crippen molar-refractivity contribution in [3.63, 3.8) is 0 Å². The fourth-order valence-electron chi connectivity index (χ4n) is 3.60. The molecule has 0 fully saturated rings. The fourth-order valence-corrected chi connectivity index (χ4v) is 3.60. The van der Waals surface area contributed by atoms with Gasteiger partial charge in [-0.25, -0.2) is 0 Å². The Hall–Kier alpha value is -4.13. The molecule has 3 aromatic carbocycles. The van der Waals surface area contributed by atoms with Crippen LogP contribution in [-0.4, -0.2) is 56.5 Å². The van der Waals surface area contributed by atoms with Gasteiger partial charge in [-0.05, 0) is 53.9 Å². The van der Waals surface area contributed by atoms with E-state index in [1.165, 1.54) is 12.7 Å². The number of methoxy groups -OCH3 is 1. The first-order valence-electron chi connectivity index (χ1n) is 12.3. The number of carbonyl (C=O) groups excluding carboxylic acids is 3. The SMILES string of the molecule is COC(=O)CCC(=O)c1ccc(OCCOc2ccc(CC(=O)N(C)CCc3ccccc3)cc2)cc1. The number of likely N-dealkylation sites (N-methyl/N-ethyl adjacent to an activating group) is 1. The molecular weight excluding hydrogens is 470 g/mol. The third kappa shape index (κ3) is 9.44. The third-order valence-corrected chi connectivity index (χ3v) is 5.86. The minimum atomic E-state index is -0.404. The number of esters is 1. The lowest BCUT2D eigenvalue weighted by Crippen LogP contribution is -2.30. The van der Waals surface area contributed by atoms with E-state index in [0.29, 0.717) is 43.2 Å². The molecule has 37 heavy (non-hydrogen) atoms. The molecule has 0 radical (unpaired) electrons. The first-order valence-corrected chi connectivity index (χ1v) is 12.3. The van der Waals surface area contributed by atoms with Gasteiger partial charge in [-0.15, -0.1) is 0 Å². The summed E-state index contributed by atoms with van der Waals surface area (Å²) in [5.74, 6) is 0.874. The van der Waals surface area contributed by atoms with E-state index < -0.39 is 5.97 Å².